The highest BCUT2D eigenvalue weighted by atomic mass is 79.9. The Hall–Kier alpha value is -1.27. The highest BCUT2D eigenvalue weighted by Crippen LogP contribution is 2.22. The molecule has 0 saturated carbocycles. The number of fused-ring (bicyclic) bond motifs is 1. The molecular formula is C10H7BrN2. The molecule has 3 heteroatoms. The zero-order valence-corrected chi connectivity index (χ0v) is 8.43. The maximum absolute atomic E-state index is 6.80. The Balaban J connectivity index is 2.63. The molecule has 64 valence electrons. The fourth-order valence-corrected chi connectivity index (χ4v) is 1.74. The number of benzene rings is 1. The second-order valence-corrected chi connectivity index (χ2v) is 3.74. The summed E-state index contributed by atoms with van der Waals surface area (Å²) in [4.78, 5) is 6.51. The monoisotopic (exact) mass is 234 g/mol. The molecule has 0 aliphatic rings. The van der Waals surface area contributed by atoms with Crippen molar-refractivity contribution >= 4 is 26.8 Å². The zero-order valence-electron chi connectivity index (χ0n) is 6.84. The van der Waals surface area contributed by atoms with Gasteiger partial charge in [0.2, 0.25) is 6.54 Å². The normalized spacial score (nSPS) is 10.2. The molecule has 2 nitrogen and oxygen atoms in total. The van der Waals surface area contributed by atoms with E-state index in [4.69, 9.17) is 6.57 Å². The third kappa shape index (κ3) is 1.45. The Bertz CT molecular complexity index is 479. The summed E-state index contributed by atoms with van der Waals surface area (Å²) in [6, 6.07) is 6.03. The van der Waals surface area contributed by atoms with Crippen LogP contribution in [0.5, 0.6) is 0 Å². The summed E-state index contributed by atoms with van der Waals surface area (Å²) in [5, 5.41) is 1.14. The summed E-state index contributed by atoms with van der Waals surface area (Å²) in [5.74, 6) is 0. The van der Waals surface area contributed by atoms with E-state index in [0.717, 1.165) is 20.9 Å². The highest BCUT2D eigenvalue weighted by Gasteiger charge is 2.04. The lowest BCUT2D eigenvalue weighted by molar-refractivity contribution is 1.28. The number of rotatable bonds is 1. The van der Waals surface area contributed by atoms with Crippen molar-refractivity contribution in [3.05, 3.63) is 45.8 Å². The van der Waals surface area contributed by atoms with Crippen LogP contribution in [-0.2, 0) is 6.54 Å². The van der Waals surface area contributed by atoms with Gasteiger partial charge < -0.3 is 9.83 Å². The molecule has 1 aromatic carbocycles. The Morgan fingerprint density at radius 1 is 1.46 bits per heavy atom. The summed E-state index contributed by atoms with van der Waals surface area (Å²) in [6.07, 6.45) is 1.90. The summed E-state index contributed by atoms with van der Waals surface area (Å²) in [7, 11) is 0. The molecular weight excluding hydrogens is 228 g/mol. The van der Waals surface area contributed by atoms with Crippen LogP contribution < -0.4 is 0 Å². The summed E-state index contributed by atoms with van der Waals surface area (Å²) < 4.78 is 1.05. The first kappa shape index (κ1) is 8.33. The number of H-pyrrole nitrogens is 1. The largest absolute Gasteiger partial charge is 0.361 e. The molecule has 2 rings (SSSR count). The number of aromatic amines is 1. The summed E-state index contributed by atoms with van der Waals surface area (Å²) in [6.45, 7) is 7.24. The van der Waals surface area contributed by atoms with Gasteiger partial charge in [-0.1, -0.05) is 22.0 Å². The van der Waals surface area contributed by atoms with Gasteiger partial charge in [0.1, 0.15) is 0 Å². The minimum atomic E-state index is 0.446. The van der Waals surface area contributed by atoms with E-state index < -0.39 is 0 Å². The van der Waals surface area contributed by atoms with E-state index in [-0.39, 0.29) is 0 Å². The van der Waals surface area contributed by atoms with Crippen molar-refractivity contribution < 1.29 is 0 Å². The van der Waals surface area contributed by atoms with Crippen LogP contribution in [0, 0.1) is 6.57 Å². The predicted molar refractivity (Wildman–Crippen MR) is 56.3 cm³/mol. The van der Waals surface area contributed by atoms with Gasteiger partial charge in [0.25, 0.3) is 0 Å². The smallest absolute Gasteiger partial charge is 0.241 e. The molecule has 1 heterocycles. The molecule has 0 saturated heterocycles. The van der Waals surface area contributed by atoms with Gasteiger partial charge in [0.05, 0.1) is 5.56 Å². The van der Waals surface area contributed by atoms with Gasteiger partial charge in [0.15, 0.2) is 0 Å². The van der Waals surface area contributed by atoms with E-state index in [9.17, 15) is 0 Å². The lowest BCUT2D eigenvalue weighted by atomic mass is 10.2. The van der Waals surface area contributed by atoms with Gasteiger partial charge in [-0.3, -0.25) is 0 Å². The van der Waals surface area contributed by atoms with Crippen LogP contribution in [0.25, 0.3) is 15.7 Å². The average molecular weight is 235 g/mol. The fourth-order valence-electron chi connectivity index (χ4n) is 1.37. The molecule has 0 aliphatic heterocycles. The van der Waals surface area contributed by atoms with Crippen molar-refractivity contribution in [2.24, 2.45) is 0 Å². The predicted octanol–water partition coefficient (Wildman–Crippen LogP) is 3.35. The third-order valence-corrected chi connectivity index (χ3v) is 2.47. The third-order valence-electron chi connectivity index (χ3n) is 1.98. The number of nitrogens with one attached hydrogen (secondary N) is 1. The number of nitrogens with zero attached hydrogens (tertiary/aromatic N) is 1. The lowest BCUT2D eigenvalue weighted by Crippen LogP contribution is -1.74. The van der Waals surface area contributed by atoms with Gasteiger partial charge in [-0.2, -0.15) is 0 Å². The van der Waals surface area contributed by atoms with Gasteiger partial charge in [0, 0.05) is 21.6 Å². The van der Waals surface area contributed by atoms with Crippen molar-refractivity contribution in [2.75, 3.05) is 0 Å². The van der Waals surface area contributed by atoms with Crippen LogP contribution in [0.1, 0.15) is 5.56 Å². The second-order valence-electron chi connectivity index (χ2n) is 2.82. The Morgan fingerprint density at radius 3 is 3.08 bits per heavy atom. The first-order chi connectivity index (χ1) is 6.31. The molecule has 0 aliphatic carbocycles. The molecule has 0 fully saturated rings. The standard InChI is InChI=1S/C10H7BrN2/c1-12-5-7-6-13-10-4-8(11)2-3-9(7)10/h2-4,6,13H,5H2. The van der Waals surface area contributed by atoms with E-state index in [0.29, 0.717) is 6.54 Å². The van der Waals surface area contributed by atoms with Gasteiger partial charge >= 0.3 is 0 Å². The molecule has 13 heavy (non-hydrogen) atoms. The van der Waals surface area contributed by atoms with Crippen LogP contribution in [0.4, 0.5) is 0 Å². The minimum absolute atomic E-state index is 0.446. The molecule has 0 atom stereocenters. The van der Waals surface area contributed by atoms with E-state index >= 15 is 0 Å². The van der Waals surface area contributed by atoms with Crippen LogP contribution in [0.15, 0.2) is 28.9 Å². The summed E-state index contributed by atoms with van der Waals surface area (Å²) in [5.41, 5.74) is 2.14. The number of aromatic nitrogens is 1. The Kier molecular flexibility index (Phi) is 2.07. The summed E-state index contributed by atoms with van der Waals surface area (Å²) >= 11 is 3.40. The Labute approximate surface area is 84.5 Å². The van der Waals surface area contributed by atoms with E-state index in [1.54, 1.807) is 0 Å². The van der Waals surface area contributed by atoms with Crippen LogP contribution >= 0.6 is 15.9 Å². The molecule has 0 spiro atoms. The Morgan fingerprint density at radius 2 is 2.31 bits per heavy atom. The quantitative estimate of drug-likeness (QED) is 0.731. The number of hydrogen-bond acceptors (Lipinski definition) is 0. The average Bonchev–Trinajstić information content (AvgIpc) is 2.49. The van der Waals surface area contributed by atoms with E-state index in [1.807, 2.05) is 24.4 Å². The van der Waals surface area contributed by atoms with Gasteiger partial charge in [-0.25, -0.2) is 6.57 Å². The molecule has 2 aromatic rings. The lowest BCUT2D eigenvalue weighted by Gasteiger charge is -1.91. The SMILES string of the molecule is [C-]#[N+]Cc1c[nH]c2cc(Br)ccc12. The number of halogens is 1. The molecule has 1 aromatic heterocycles. The number of hydrogen-bond donors (Lipinski definition) is 1. The molecule has 0 bridgehead atoms. The van der Waals surface area contributed by atoms with Crippen LogP contribution in [0.3, 0.4) is 0 Å². The van der Waals surface area contributed by atoms with E-state index in [1.165, 1.54) is 0 Å². The second kappa shape index (κ2) is 3.23. The van der Waals surface area contributed by atoms with Crippen molar-refractivity contribution in [1.29, 1.82) is 0 Å². The van der Waals surface area contributed by atoms with Crippen molar-refractivity contribution in [2.45, 2.75) is 6.54 Å². The van der Waals surface area contributed by atoms with Crippen molar-refractivity contribution in [3.63, 3.8) is 0 Å². The maximum Gasteiger partial charge on any atom is 0.241 e. The van der Waals surface area contributed by atoms with Crippen LogP contribution in [-0.4, -0.2) is 4.98 Å². The van der Waals surface area contributed by atoms with E-state index in [2.05, 4.69) is 25.8 Å². The molecule has 1 N–H and O–H groups in total. The fraction of sp³-hybridized carbons (Fsp3) is 0.100. The maximum atomic E-state index is 6.80. The van der Waals surface area contributed by atoms with Gasteiger partial charge in [-0.15, -0.1) is 0 Å². The highest BCUT2D eigenvalue weighted by molar-refractivity contribution is 9.10. The first-order valence-corrected chi connectivity index (χ1v) is 4.69. The molecule has 0 unspecified atom stereocenters. The first-order valence-electron chi connectivity index (χ1n) is 3.90. The minimum Gasteiger partial charge on any atom is -0.361 e. The van der Waals surface area contributed by atoms with Gasteiger partial charge in [-0.05, 0) is 12.1 Å². The zero-order chi connectivity index (χ0) is 9.26. The van der Waals surface area contributed by atoms with Crippen LogP contribution in [0.2, 0.25) is 0 Å². The molecule has 0 radical (unpaired) electrons. The molecule has 0 amide bonds. The van der Waals surface area contributed by atoms with Crippen molar-refractivity contribution in [1.82, 2.24) is 4.98 Å². The van der Waals surface area contributed by atoms with Crippen molar-refractivity contribution in [3.8, 4) is 0 Å². The topological polar surface area (TPSA) is 20.1 Å².